The summed E-state index contributed by atoms with van der Waals surface area (Å²) in [5.74, 6) is 0. The maximum Gasteiger partial charge on any atom is -0.00168 e. The summed E-state index contributed by atoms with van der Waals surface area (Å²) in [7, 11) is 0. The first-order valence-corrected chi connectivity index (χ1v) is 8.17. The van der Waals surface area contributed by atoms with Gasteiger partial charge in [0.15, 0.2) is 0 Å². The average Bonchev–Trinajstić information content (AvgIpc) is 3.04. The van der Waals surface area contributed by atoms with Crippen molar-refractivity contribution in [3.63, 3.8) is 0 Å². The molecule has 0 unspecified atom stereocenters. The molecule has 0 amide bonds. The molecule has 0 aromatic heterocycles. The Balaban J connectivity index is 1.70. The maximum atomic E-state index is 2.43. The van der Waals surface area contributed by atoms with Crippen molar-refractivity contribution in [2.24, 2.45) is 0 Å². The molecule has 0 bridgehead atoms. The van der Waals surface area contributed by atoms with Crippen molar-refractivity contribution >= 4 is 11.1 Å². The molecule has 0 spiro atoms. The minimum atomic E-state index is 1.18. The molecule has 0 nitrogen and oxygen atoms in total. The van der Waals surface area contributed by atoms with E-state index in [1.807, 2.05) is 0 Å². The fourth-order valence-electron chi connectivity index (χ4n) is 4.76. The van der Waals surface area contributed by atoms with Crippen LogP contribution in [0.15, 0.2) is 35.4 Å². The van der Waals surface area contributed by atoms with Gasteiger partial charge in [-0.15, -0.1) is 0 Å². The van der Waals surface area contributed by atoms with E-state index in [1.54, 1.807) is 44.5 Å². The van der Waals surface area contributed by atoms with Crippen LogP contribution in [0.3, 0.4) is 0 Å². The lowest BCUT2D eigenvalue weighted by Crippen LogP contribution is -1.96. The Labute approximate surface area is 120 Å². The number of hydrogen-bond acceptors (Lipinski definition) is 0. The van der Waals surface area contributed by atoms with E-state index in [0.29, 0.717) is 0 Å². The Morgan fingerprint density at radius 1 is 0.850 bits per heavy atom. The van der Waals surface area contributed by atoms with Crippen LogP contribution in [0.1, 0.15) is 60.8 Å². The lowest BCUT2D eigenvalue weighted by atomic mass is 9.90. The van der Waals surface area contributed by atoms with Crippen molar-refractivity contribution in [1.82, 2.24) is 0 Å². The highest BCUT2D eigenvalue weighted by atomic mass is 14.4. The van der Waals surface area contributed by atoms with E-state index >= 15 is 0 Å². The topological polar surface area (TPSA) is 0 Å². The number of rotatable bonds is 0. The van der Waals surface area contributed by atoms with Gasteiger partial charge in [0.25, 0.3) is 0 Å². The van der Waals surface area contributed by atoms with Crippen molar-refractivity contribution in [2.75, 3.05) is 0 Å². The summed E-state index contributed by atoms with van der Waals surface area (Å²) in [6.07, 6.45) is 15.2. The molecule has 20 heavy (non-hydrogen) atoms. The zero-order valence-electron chi connectivity index (χ0n) is 12.0. The van der Waals surface area contributed by atoms with Crippen LogP contribution in [0, 0.1) is 0 Å². The third kappa shape index (κ3) is 1.37. The van der Waals surface area contributed by atoms with E-state index in [4.69, 9.17) is 0 Å². The summed E-state index contributed by atoms with van der Waals surface area (Å²) in [5, 5.41) is 0. The van der Waals surface area contributed by atoms with Gasteiger partial charge in [0.1, 0.15) is 0 Å². The molecule has 0 heterocycles. The van der Waals surface area contributed by atoms with Gasteiger partial charge >= 0.3 is 0 Å². The summed E-state index contributed by atoms with van der Waals surface area (Å²) >= 11 is 0. The molecule has 0 atom stereocenters. The zero-order chi connectivity index (χ0) is 13.1. The van der Waals surface area contributed by atoms with E-state index in [0.717, 1.165) is 0 Å². The predicted molar refractivity (Wildman–Crippen MR) is 84.5 cm³/mol. The molecule has 1 aromatic carbocycles. The second-order valence-electron chi connectivity index (χ2n) is 6.71. The van der Waals surface area contributed by atoms with Gasteiger partial charge in [0.05, 0.1) is 0 Å². The van der Waals surface area contributed by atoms with Crippen LogP contribution in [0.2, 0.25) is 0 Å². The minimum Gasteiger partial charge on any atom is -0.0839 e. The summed E-state index contributed by atoms with van der Waals surface area (Å²) in [4.78, 5) is 0. The SMILES string of the molecule is C1=CC2=C(CC1)c1c(ccc3c1CC1=C3CCCC1)C2. The summed E-state index contributed by atoms with van der Waals surface area (Å²) in [5.41, 5.74) is 13.3. The average molecular weight is 260 g/mol. The summed E-state index contributed by atoms with van der Waals surface area (Å²) in [6.45, 7) is 0. The van der Waals surface area contributed by atoms with E-state index in [1.165, 1.54) is 51.4 Å². The normalized spacial score (nSPS) is 22.8. The van der Waals surface area contributed by atoms with Crippen LogP contribution in [0.25, 0.3) is 11.1 Å². The Kier molecular flexibility index (Phi) is 2.21. The van der Waals surface area contributed by atoms with E-state index < -0.39 is 0 Å². The molecule has 0 radical (unpaired) electrons. The van der Waals surface area contributed by atoms with Crippen molar-refractivity contribution in [3.8, 4) is 0 Å². The van der Waals surface area contributed by atoms with E-state index in [-0.39, 0.29) is 0 Å². The van der Waals surface area contributed by atoms with Crippen molar-refractivity contribution in [3.05, 3.63) is 57.7 Å². The molecule has 0 N–H and O–H groups in total. The van der Waals surface area contributed by atoms with Crippen LogP contribution < -0.4 is 0 Å². The van der Waals surface area contributed by atoms with Gasteiger partial charge < -0.3 is 0 Å². The quantitative estimate of drug-likeness (QED) is 0.599. The van der Waals surface area contributed by atoms with Gasteiger partial charge in [-0.2, -0.15) is 0 Å². The second-order valence-corrected chi connectivity index (χ2v) is 6.71. The monoisotopic (exact) mass is 260 g/mol. The van der Waals surface area contributed by atoms with Crippen molar-refractivity contribution in [1.29, 1.82) is 0 Å². The third-order valence-electron chi connectivity index (χ3n) is 5.65. The smallest absolute Gasteiger partial charge is 0.00168 e. The van der Waals surface area contributed by atoms with Gasteiger partial charge in [-0.05, 0) is 90.3 Å². The molecular formula is C20H20. The summed E-state index contributed by atoms with van der Waals surface area (Å²) in [6, 6.07) is 4.86. The third-order valence-corrected chi connectivity index (χ3v) is 5.65. The lowest BCUT2D eigenvalue weighted by molar-refractivity contribution is 0.711. The molecule has 0 fully saturated rings. The first-order chi connectivity index (χ1) is 9.92. The van der Waals surface area contributed by atoms with Gasteiger partial charge in [-0.25, -0.2) is 0 Å². The first kappa shape index (κ1) is 11.1. The minimum absolute atomic E-state index is 1.18. The van der Waals surface area contributed by atoms with Crippen LogP contribution in [0.4, 0.5) is 0 Å². The highest BCUT2D eigenvalue weighted by molar-refractivity contribution is 5.88. The molecular weight excluding hydrogens is 240 g/mol. The fraction of sp³-hybridized carbons (Fsp3) is 0.400. The molecule has 0 heteroatoms. The van der Waals surface area contributed by atoms with Crippen molar-refractivity contribution in [2.45, 2.75) is 51.4 Å². The van der Waals surface area contributed by atoms with Crippen LogP contribution in [0.5, 0.6) is 0 Å². The second kappa shape index (κ2) is 3.97. The Hall–Kier alpha value is -1.56. The molecule has 5 rings (SSSR count). The lowest BCUT2D eigenvalue weighted by Gasteiger charge is -2.15. The van der Waals surface area contributed by atoms with Crippen molar-refractivity contribution < 1.29 is 0 Å². The number of allylic oxidation sites excluding steroid dienone is 6. The number of hydrogen-bond donors (Lipinski definition) is 0. The highest BCUT2D eigenvalue weighted by Gasteiger charge is 2.31. The number of benzene rings is 1. The van der Waals surface area contributed by atoms with Crippen LogP contribution in [-0.2, 0) is 12.8 Å². The maximum absolute atomic E-state index is 2.43. The Morgan fingerprint density at radius 2 is 1.80 bits per heavy atom. The van der Waals surface area contributed by atoms with Crippen LogP contribution in [-0.4, -0.2) is 0 Å². The first-order valence-electron chi connectivity index (χ1n) is 8.17. The molecule has 4 aliphatic rings. The van der Waals surface area contributed by atoms with Gasteiger partial charge in [-0.3, -0.25) is 0 Å². The van der Waals surface area contributed by atoms with Gasteiger partial charge in [-0.1, -0.05) is 29.9 Å². The largest absolute Gasteiger partial charge is 0.0839 e. The van der Waals surface area contributed by atoms with E-state index in [9.17, 15) is 0 Å². The molecule has 100 valence electrons. The van der Waals surface area contributed by atoms with E-state index in [2.05, 4.69) is 24.3 Å². The molecule has 0 saturated heterocycles. The molecule has 1 aromatic rings. The Morgan fingerprint density at radius 3 is 2.80 bits per heavy atom. The molecule has 0 aliphatic heterocycles. The number of fused-ring (bicyclic) bond motifs is 5. The molecule has 0 saturated carbocycles. The fourth-order valence-corrected chi connectivity index (χ4v) is 4.76. The van der Waals surface area contributed by atoms with Gasteiger partial charge in [0, 0.05) is 0 Å². The Bertz CT molecular complexity index is 710. The summed E-state index contributed by atoms with van der Waals surface area (Å²) < 4.78 is 0. The molecule has 4 aliphatic carbocycles. The van der Waals surface area contributed by atoms with Crippen LogP contribution >= 0.6 is 0 Å². The van der Waals surface area contributed by atoms with Gasteiger partial charge in [0.2, 0.25) is 0 Å². The standard InChI is InChI=1S/C20H20/c1-3-7-16-14(6-1)12-19-18(16)10-9-15-11-13-5-2-4-8-17(13)20(15)19/h2,5,9-10H,1,3-4,6-8,11-12H2. The predicted octanol–water partition coefficient (Wildman–Crippen LogP) is 5.23. The highest BCUT2D eigenvalue weighted by Crippen LogP contribution is 2.48. The zero-order valence-corrected chi connectivity index (χ0v) is 12.0.